The summed E-state index contributed by atoms with van der Waals surface area (Å²) in [5, 5.41) is 7.34. The van der Waals surface area contributed by atoms with Crippen molar-refractivity contribution in [3.63, 3.8) is 0 Å². The summed E-state index contributed by atoms with van der Waals surface area (Å²) >= 11 is 1.72. The number of aromatic nitrogens is 2. The number of nitrogens with one attached hydrogen (secondary N) is 1. The maximum atomic E-state index is 12.6. The van der Waals surface area contributed by atoms with E-state index in [9.17, 15) is 4.79 Å². The van der Waals surface area contributed by atoms with Gasteiger partial charge >= 0.3 is 0 Å². The molecule has 0 atom stereocenters. The predicted molar refractivity (Wildman–Crippen MR) is 103 cm³/mol. The Bertz CT molecular complexity index is 766. The summed E-state index contributed by atoms with van der Waals surface area (Å²) in [4.78, 5) is 18.2. The Morgan fingerprint density at radius 3 is 2.62 bits per heavy atom. The van der Waals surface area contributed by atoms with Crippen molar-refractivity contribution in [2.24, 2.45) is 0 Å². The van der Waals surface area contributed by atoms with Crippen LogP contribution in [0, 0.1) is 20.8 Å². The van der Waals surface area contributed by atoms with Crippen LogP contribution >= 0.6 is 11.8 Å². The molecule has 140 valence electrons. The largest absolute Gasteiger partial charge is 0.343 e. The van der Waals surface area contributed by atoms with Crippen molar-refractivity contribution in [3.05, 3.63) is 41.0 Å². The highest BCUT2D eigenvalue weighted by Crippen LogP contribution is 2.35. The quantitative estimate of drug-likeness (QED) is 0.758. The normalized spacial score (nSPS) is 16.4. The highest BCUT2D eigenvalue weighted by molar-refractivity contribution is 7.99. The van der Waals surface area contributed by atoms with Crippen molar-refractivity contribution < 1.29 is 9.32 Å². The van der Waals surface area contributed by atoms with Gasteiger partial charge in [0.05, 0.1) is 0 Å². The smallest absolute Gasteiger partial charge is 0.223 e. The lowest BCUT2D eigenvalue weighted by molar-refractivity contribution is -0.123. The molecular weight excluding hydrogens is 346 g/mol. The lowest BCUT2D eigenvalue weighted by Gasteiger charge is -2.35. The van der Waals surface area contributed by atoms with Gasteiger partial charge in [-0.15, -0.1) is 11.8 Å². The molecule has 1 heterocycles. The van der Waals surface area contributed by atoms with E-state index in [1.54, 1.807) is 18.7 Å². The van der Waals surface area contributed by atoms with Crippen molar-refractivity contribution >= 4 is 17.7 Å². The summed E-state index contributed by atoms with van der Waals surface area (Å²) in [6, 6.07) is 6.44. The zero-order valence-corrected chi connectivity index (χ0v) is 16.6. The number of rotatable bonds is 6. The summed E-state index contributed by atoms with van der Waals surface area (Å²) in [5.41, 5.74) is 2.12. The Labute approximate surface area is 159 Å². The van der Waals surface area contributed by atoms with Crippen LogP contribution in [0.4, 0.5) is 0 Å². The van der Waals surface area contributed by atoms with Crippen molar-refractivity contribution in [3.8, 4) is 0 Å². The molecule has 1 amide bonds. The summed E-state index contributed by atoms with van der Waals surface area (Å²) < 4.78 is 5.17. The van der Waals surface area contributed by atoms with Crippen LogP contribution < -0.4 is 5.32 Å². The zero-order valence-electron chi connectivity index (χ0n) is 15.8. The minimum atomic E-state index is -0.460. The first-order valence-electron chi connectivity index (χ1n) is 9.30. The number of nitrogens with zero attached hydrogens (tertiary/aromatic N) is 2. The van der Waals surface area contributed by atoms with Crippen LogP contribution in [0.3, 0.4) is 0 Å². The lowest BCUT2D eigenvalue weighted by Crippen LogP contribution is -2.48. The van der Waals surface area contributed by atoms with Crippen molar-refractivity contribution in [2.45, 2.75) is 69.7 Å². The van der Waals surface area contributed by atoms with Gasteiger partial charge in [-0.05, 0) is 49.9 Å². The van der Waals surface area contributed by atoms with Gasteiger partial charge < -0.3 is 9.84 Å². The van der Waals surface area contributed by atoms with E-state index in [1.165, 1.54) is 22.4 Å². The van der Waals surface area contributed by atoms with Gasteiger partial charge in [0.2, 0.25) is 11.8 Å². The fourth-order valence-corrected chi connectivity index (χ4v) is 4.40. The molecule has 2 aromatic rings. The van der Waals surface area contributed by atoms with E-state index in [1.807, 2.05) is 0 Å². The van der Waals surface area contributed by atoms with Crippen LogP contribution in [-0.2, 0) is 10.3 Å². The van der Waals surface area contributed by atoms with Crippen molar-refractivity contribution in [2.75, 3.05) is 5.75 Å². The molecule has 0 bridgehead atoms. The molecule has 1 aromatic heterocycles. The van der Waals surface area contributed by atoms with Gasteiger partial charge in [0.15, 0.2) is 5.82 Å². The first-order chi connectivity index (χ1) is 12.5. The number of carbonyl (C=O) groups excluding carboxylic acids is 1. The van der Waals surface area contributed by atoms with E-state index in [0.29, 0.717) is 18.1 Å². The van der Waals surface area contributed by atoms with E-state index in [2.05, 4.69) is 47.5 Å². The highest BCUT2D eigenvalue weighted by atomic mass is 32.2. The summed E-state index contributed by atoms with van der Waals surface area (Å²) in [5.74, 6) is 2.00. The summed E-state index contributed by atoms with van der Waals surface area (Å²) in [6.45, 7) is 6.02. The Balaban J connectivity index is 1.58. The summed E-state index contributed by atoms with van der Waals surface area (Å²) in [6.07, 6.45) is 5.58. The number of hydrogen-bond acceptors (Lipinski definition) is 5. The molecule has 1 saturated carbocycles. The Morgan fingerprint density at radius 2 is 1.96 bits per heavy atom. The second kappa shape index (κ2) is 8.25. The molecule has 0 aliphatic heterocycles. The van der Waals surface area contributed by atoms with Gasteiger partial charge in [0.1, 0.15) is 5.54 Å². The number of benzene rings is 1. The topological polar surface area (TPSA) is 68.0 Å². The minimum Gasteiger partial charge on any atom is -0.343 e. The van der Waals surface area contributed by atoms with Crippen LogP contribution in [0.15, 0.2) is 27.6 Å². The number of thioether (sulfide) groups is 1. The zero-order chi connectivity index (χ0) is 18.6. The van der Waals surface area contributed by atoms with Crippen LogP contribution in [0.5, 0.6) is 0 Å². The van der Waals surface area contributed by atoms with Crippen molar-refractivity contribution in [1.82, 2.24) is 15.5 Å². The molecule has 5 nitrogen and oxygen atoms in total. The molecule has 1 aromatic carbocycles. The van der Waals surface area contributed by atoms with E-state index in [0.717, 1.165) is 31.4 Å². The fraction of sp³-hybridized carbons (Fsp3) is 0.550. The second-order valence-electron chi connectivity index (χ2n) is 7.17. The average Bonchev–Trinajstić information content (AvgIpc) is 3.06. The van der Waals surface area contributed by atoms with Crippen molar-refractivity contribution in [1.29, 1.82) is 0 Å². The van der Waals surface area contributed by atoms with Gasteiger partial charge in [-0.1, -0.05) is 30.5 Å². The fourth-order valence-electron chi connectivity index (χ4n) is 3.45. The molecule has 6 heteroatoms. The first kappa shape index (κ1) is 19.0. The molecule has 1 fully saturated rings. The third-order valence-electron chi connectivity index (χ3n) is 5.12. The first-order valence-corrected chi connectivity index (χ1v) is 10.3. The second-order valence-corrected chi connectivity index (χ2v) is 8.34. The molecule has 3 rings (SSSR count). The van der Waals surface area contributed by atoms with E-state index in [4.69, 9.17) is 4.52 Å². The Morgan fingerprint density at radius 1 is 1.19 bits per heavy atom. The molecule has 1 aliphatic carbocycles. The highest BCUT2D eigenvalue weighted by Gasteiger charge is 2.39. The maximum absolute atomic E-state index is 12.6. The van der Waals surface area contributed by atoms with Crippen LogP contribution in [0.1, 0.15) is 61.4 Å². The monoisotopic (exact) mass is 373 g/mol. The SMILES string of the molecule is Cc1nc(C2(NC(=O)CCSc3ccc(C)c(C)c3)CCCCC2)no1. The number of carbonyl (C=O) groups is 1. The molecule has 0 radical (unpaired) electrons. The van der Waals surface area contributed by atoms with Gasteiger partial charge in [-0.3, -0.25) is 4.79 Å². The average molecular weight is 374 g/mol. The van der Waals surface area contributed by atoms with Crippen LogP contribution in [0.25, 0.3) is 0 Å². The lowest BCUT2D eigenvalue weighted by atomic mass is 9.81. The molecule has 0 spiro atoms. The van der Waals surface area contributed by atoms with Gasteiger partial charge in [0, 0.05) is 24.0 Å². The molecule has 1 aliphatic rings. The van der Waals surface area contributed by atoms with Crippen LogP contribution in [-0.4, -0.2) is 21.8 Å². The van der Waals surface area contributed by atoms with E-state index in [-0.39, 0.29) is 5.91 Å². The Kier molecular flexibility index (Phi) is 6.01. The Hall–Kier alpha value is -1.82. The van der Waals surface area contributed by atoms with Crippen LogP contribution in [0.2, 0.25) is 0 Å². The van der Waals surface area contributed by atoms with E-state index >= 15 is 0 Å². The third-order valence-corrected chi connectivity index (χ3v) is 6.11. The standard InChI is InChI=1S/C20H27N3O2S/c1-14-7-8-17(13-15(14)2)26-12-9-18(24)22-20(10-5-4-6-11-20)19-21-16(3)25-23-19/h7-8,13H,4-6,9-12H2,1-3H3,(H,22,24). The minimum absolute atomic E-state index is 0.0608. The molecule has 26 heavy (non-hydrogen) atoms. The van der Waals surface area contributed by atoms with Gasteiger partial charge in [-0.25, -0.2) is 0 Å². The molecule has 0 unspecified atom stereocenters. The molecular formula is C20H27N3O2S. The van der Waals surface area contributed by atoms with Gasteiger partial charge in [-0.2, -0.15) is 4.98 Å². The number of aryl methyl sites for hydroxylation is 3. The molecule has 1 N–H and O–H groups in total. The number of hydrogen-bond donors (Lipinski definition) is 1. The number of amides is 1. The van der Waals surface area contributed by atoms with E-state index < -0.39 is 5.54 Å². The third kappa shape index (κ3) is 4.47. The predicted octanol–water partition coefficient (Wildman–Crippen LogP) is 4.45. The van der Waals surface area contributed by atoms with Gasteiger partial charge in [0.25, 0.3) is 0 Å². The summed E-state index contributed by atoms with van der Waals surface area (Å²) in [7, 11) is 0. The molecule has 0 saturated heterocycles. The maximum Gasteiger partial charge on any atom is 0.223 e.